The Hall–Kier alpha value is -2.31. The second kappa shape index (κ2) is 7.02. The van der Waals surface area contributed by atoms with E-state index in [4.69, 9.17) is 0 Å². The molecule has 6 heteroatoms. The van der Waals surface area contributed by atoms with Crippen molar-refractivity contribution in [2.24, 2.45) is 11.8 Å². The highest BCUT2D eigenvalue weighted by Crippen LogP contribution is 2.45. The molecular formula is C21H23FN2O3. The van der Waals surface area contributed by atoms with Gasteiger partial charge in [0.05, 0.1) is 12.1 Å². The first kappa shape index (κ1) is 18.1. The van der Waals surface area contributed by atoms with Gasteiger partial charge in [-0.25, -0.2) is 4.98 Å². The lowest BCUT2D eigenvalue weighted by molar-refractivity contribution is 0.0355. The fraction of sp³-hybridized carbons (Fsp3) is 0.429. The number of aromatic nitrogens is 1. The molecule has 1 aromatic carbocycles. The SMILES string of the molecule is O=C(CN1C[C@@H]2CC(O)(Cc3ccccc3)C[C@@H]2C1)c1ccc(O)c(F)n1. The van der Waals surface area contributed by atoms with Crippen molar-refractivity contribution in [3.05, 3.63) is 59.7 Å². The number of hydrogen-bond donors (Lipinski definition) is 2. The standard InChI is InChI=1S/C21H23FN2O3/c22-20-18(25)7-6-17(23-20)19(26)13-24-11-15-9-21(27,10-16(15)12-24)8-14-4-2-1-3-5-14/h1-7,15-16,25,27H,8-13H2/t15-,16+,21?. The molecule has 1 saturated heterocycles. The fourth-order valence-electron chi connectivity index (χ4n) is 4.67. The van der Waals surface area contributed by atoms with Crippen LogP contribution in [0.15, 0.2) is 42.5 Å². The van der Waals surface area contributed by atoms with Crippen molar-refractivity contribution in [1.29, 1.82) is 0 Å². The summed E-state index contributed by atoms with van der Waals surface area (Å²) in [5.74, 6) is -1.09. The molecule has 5 nitrogen and oxygen atoms in total. The van der Waals surface area contributed by atoms with E-state index in [1.165, 1.54) is 6.07 Å². The van der Waals surface area contributed by atoms with E-state index >= 15 is 0 Å². The molecule has 142 valence electrons. The predicted octanol–water partition coefficient (Wildman–Crippen LogP) is 2.42. The van der Waals surface area contributed by atoms with Crippen LogP contribution in [-0.4, -0.2) is 51.1 Å². The number of hydrogen-bond acceptors (Lipinski definition) is 5. The quantitative estimate of drug-likeness (QED) is 0.625. The van der Waals surface area contributed by atoms with Gasteiger partial charge in [-0.3, -0.25) is 9.69 Å². The summed E-state index contributed by atoms with van der Waals surface area (Å²) in [5.41, 5.74) is 0.504. The molecule has 0 spiro atoms. The number of nitrogens with zero attached hydrogens (tertiary/aromatic N) is 2. The molecule has 2 fully saturated rings. The molecule has 2 heterocycles. The van der Waals surface area contributed by atoms with Crippen molar-refractivity contribution in [2.45, 2.75) is 24.9 Å². The average Bonchev–Trinajstić information content (AvgIpc) is 3.11. The van der Waals surface area contributed by atoms with Gasteiger partial charge >= 0.3 is 0 Å². The number of likely N-dealkylation sites (tertiary alicyclic amines) is 1. The van der Waals surface area contributed by atoms with Gasteiger partial charge in [-0.05, 0) is 42.4 Å². The Bertz CT molecular complexity index is 829. The van der Waals surface area contributed by atoms with E-state index in [1.54, 1.807) is 0 Å². The van der Waals surface area contributed by atoms with E-state index in [0.717, 1.165) is 37.6 Å². The summed E-state index contributed by atoms with van der Waals surface area (Å²) >= 11 is 0. The van der Waals surface area contributed by atoms with Crippen LogP contribution in [0.2, 0.25) is 0 Å². The zero-order chi connectivity index (χ0) is 19.0. The van der Waals surface area contributed by atoms with E-state index in [2.05, 4.69) is 9.88 Å². The molecule has 4 rings (SSSR count). The zero-order valence-corrected chi connectivity index (χ0v) is 15.0. The zero-order valence-electron chi connectivity index (χ0n) is 15.0. The highest BCUT2D eigenvalue weighted by atomic mass is 19.1. The highest BCUT2D eigenvalue weighted by Gasteiger charge is 2.48. The van der Waals surface area contributed by atoms with Gasteiger partial charge in [0, 0.05) is 19.5 Å². The van der Waals surface area contributed by atoms with Gasteiger partial charge in [0.2, 0.25) is 0 Å². The summed E-state index contributed by atoms with van der Waals surface area (Å²) in [6.45, 7) is 1.70. The van der Waals surface area contributed by atoms with Gasteiger partial charge in [-0.2, -0.15) is 4.39 Å². The van der Waals surface area contributed by atoms with E-state index < -0.39 is 17.3 Å². The summed E-state index contributed by atoms with van der Waals surface area (Å²) in [7, 11) is 0. The van der Waals surface area contributed by atoms with Crippen LogP contribution in [0.3, 0.4) is 0 Å². The van der Waals surface area contributed by atoms with Crippen LogP contribution in [0.25, 0.3) is 0 Å². The van der Waals surface area contributed by atoms with Gasteiger partial charge in [-0.15, -0.1) is 0 Å². The number of benzene rings is 1. The van der Waals surface area contributed by atoms with Crippen LogP contribution in [0, 0.1) is 17.8 Å². The van der Waals surface area contributed by atoms with Crippen molar-refractivity contribution in [1.82, 2.24) is 9.88 Å². The van der Waals surface area contributed by atoms with Gasteiger partial charge < -0.3 is 10.2 Å². The van der Waals surface area contributed by atoms with Crippen molar-refractivity contribution in [3.63, 3.8) is 0 Å². The summed E-state index contributed by atoms with van der Waals surface area (Å²) in [4.78, 5) is 17.9. The molecule has 2 aliphatic rings. The van der Waals surface area contributed by atoms with Crippen LogP contribution >= 0.6 is 0 Å². The number of fused-ring (bicyclic) bond motifs is 1. The molecule has 0 radical (unpaired) electrons. The van der Waals surface area contributed by atoms with Gasteiger partial charge in [0.25, 0.3) is 5.95 Å². The third kappa shape index (κ3) is 3.87. The first-order valence-corrected chi connectivity index (χ1v) is 9.29. The van der Waals surface area contributed by atoms with Gasteiger partial charge in [0.15, 0.2) is 11.5 Å². The normalized spacial score (nSPS) is 27.6. The third-order valence-corrected chi connectivity index (χ3v) is 5.79. The first-order chi connectivity index (χ1) is 12.9. The molecule has 0 bridgehead atoms. The number of carbonyl (C=O) groups is 1. The van der Waals surface area contributed by atoms with Crippen molar-refractivity contribution < 1.29 is 19.4 Å². The van der Waals surface area contributed by atoms with Crippen molar-refractivity contribution >= 4 is 5.78 Å². The van der Waals surface area contributed by atoms with E-state index in [-0.39, 0.29) is 18.0 Å². The lowest BCUT2D eigenvalue weighted by Gasteiger charge is -2.26. The number of ketones is 1. The molecule has 0 amide bonds. The predicted molar refractivity (Wildman–Crippen MR) is 97.9 cm³/mol. The Kier molecular flexibility index (Phi) is 4.70. The number of Topliss-reactive ketones (excluding diaryl/α,β-unsaturated/α-hetero) is 1. The molecule has 1 aliphatic heterocycles. The Balaban J connectivity index is 1.34. The van der Waals surface area contributed by atoms with Crippen molar-refractivity contribution in [3.8, 4) is 5.75 Å². The van der Waals surface area contributed by atoms with Crippen LogP contribution in [0.5, 0.6) is 5.75 Å². The van der Waals surface area contributed by atoms with Crippen LogP contribution < -0.4 is 0 Å². The number of halogens is 1. The molecule has 2 aromatic rings. The number of pyridine rings is 1. The minimum absolute atomic E-state index is 0.0305. The summed E-state index contributed by atoms with van der Waals surface area (Å²) < 4.78 is 13.4. The number of aliphatic hydroxyl groups is 1. The fourth-order valence-corrected chi connectivity index (χ4v) is 4.67. The molecule has 27 heavy (non-hydrogen) atoms. The highest BCUT2D eigenvalue weighted by molar-refractivity contribution is 5.95. The van der Waals surface area contributed by atoms with Crippen LogP contribution in [-0.2, 0) is 6.42 Å². The lowest BCUT2D eigenvalue weighted by atomic mass is 9.91. The summed E-state index contributed by atoms with van der Waals surface area (Å²) in [5, 5.41) is 20.2. The lowest BCUT2D eigenvalue weighted by Crippen LogP contribution is -2.34. The van der Waals surface area contributed by atoms with E-state index in [1.807, 2.05) is 30.3 Å². The summed E-state index contributed by atoms with van der Waals surface area (Å²) in [6.07, 6.45) is 2.14. The second-order valence-electron chi connectivity index (χ2n) is 7.94. The Labute approximate surface area is 157 Å². The molecule has 1 saturated carbocycles. The average molecular weight is 370 g/mol. The smallest absolute Gasteiger partial charge is 0.255 e. The van der Waals surface area contributed by atoms with Gasteiger partial charge in [0.1, 0.15) is 5.69 Å². The minimum atomic E-state index is -1.02. The Morgan fingerprint density at radius 1 is 1.15 bits per heavy atom. The maximum atomic E-state index is 13.4. The van der Waals surface area contributed by atoms with Crippen LogP contribution in [0.4, 0.5) is 4.39 Å². The Morgan fingerprint density at radius 2 is 1.81 bits per heavy atom. The molecular weight excluding hydrogens is 347 g/mol. The number of aromatic hydroxyl groups is 1. The molecule has 2 N–H and O–H groups in total. The number of rotatable bonds is 5. The van der Waals surface area contributed by atoms with E-state index in [0.29, 0.717) is 18.3 Å². The molecule has 1 aromatic heterocycles. The van der Waals surface area contributed by atoms with Crippen molar-refractivity contribution in [2.75, 3.05) is 19.6 Å². The molecule has 1 aliphatic carbocycles. The third-order valence-electron chi connectivity index (χ3n) is 5.79. The number of carbonyl (C=O) groups excluding carboxylic acids is 1. The first-order valence-electron chi connectivity index (χ1n) is 9.29. The second-order valence-corrected chi connectivity index (χ2v) is 7.94. The monoisotopic (exact) mass is 370 g/mol. The van der Waals surface area contributed by atoms with Gasteiger partial charge in [-0.1, -0.05) is 30.3 Å². The summed E-state index contributed by atoms with van der Waals surface area (Å²) in [6, 6.07) is 12.5. The van der Waals surface area contributed by atoms with Crippen LogP contribution in [0.1, 0.15) is 28.9 Å². The maximum absolute atomic E-state index is 13.4. The maximum Gasteiger partial charge on any atom is 0.255 e. The van der Waals surface area contributed by atoms with E-state index in [9.17, 15) is 19.4 Å². The molecule has 3 atom stereocenters. The molecule has 1 unspecified atom stereocenters. The minimum Gasteiger partial charge on any atom is -0.504 e. The largest absolute Gasteiger partial charge is 0.504 e. The Morgan fingerprint density at radius 3 is 2.44 bits per heavy atom. The topological polar surface area (TPSA) is 73.7 Å².